The highest BCUT2D eigenvalue weighted by molar-refractivity contribution is 7.92. The SMILES string of the molecule is Cc1cc(C)nc(NS(=O)(=O)c2ccc(NC(=S)NC(=O)c3ccc(OCCOc4ccccc4)cc3)cc2)n1. The maximum Gasteiger partial charge on any atom is 0.264 e. The summed E-state index contributed by atoms with van der Waals surface area (Å²) in [7, 11) is -3.89. The van der Waals surface area contributed by atoms with E-state index in [-0.39, 0.29) is 16.0 Å². The quantitative estimate of drug-likeness (QED) is 0.184. The van der Waals surface area contributed by atoms with Crippen LogP contribution in [-0.4, -0.2) is 42.6 Å². The van der Waals surface area contributed by atoms with Gasteiger partial charge in [-0.25, -0.2) is 23.1 Å². The third-order valence-corrected chi connectivity index (χ3v) is 6.89. The van der Waals surface area contributed by atoms with Gasteiger partial charge in [-0.1, -0.05) is 18.2 Å². The fourth-order valence-corrected chi connectivity index (χ4v) is 4.70. The minimum absolute atomic E-state index is 0.000243. The van der Waals surface area contributed by atoms with E-state index in [9.17, 15) is 13.2 Å². The summed E-state index contributed by atoms with van der Waals surface area (Å²) in [5, 5.41) is 5.52. The van der Waals surface area contributed by atoms with Crippen molar-refractivity contribution in [2.45, 2.75) is 18.7 Å². The zero-order valence-corrected chi connectivity index (χ0v) is 23.4. The molecule has 4 aromatic rings. The lowest BCUT2D eigenvalue weighted by molar-refractivity contribution is 0.0977. The first-order valence-electron chi connectivity index (χ1n) is 12.2. The number of sulfonamides is 1. The Bertz CT molecular complexity index is 1560. The Morgan fingerprint density at radius 3 is 2.00 bits per heavy atom. The molecule has 206 valence electrons. The normalized spacial score (nSPS) is 10.8. The number of nitrogens with zero attached hydrogens (tertiary/aromatic N) is 2. The van der Waals surface area contributed by atoms with E-state index in [4.69, 9.17) is 21.7 Å². The van der Waals surface area contributed by atoms with Gasteiger partial charge in [-0.2, -0.15) is 0 Å². The van der Waals surface area contributed by atoms with Crippen LogP contribution in [0.4, 0.5) is 11.6 Å². The van der Waals surface area contributed by atoms with Crippen molar-refractivity contribution < 1.29 is 22.7 Å². The highest BCUT2D eigenvalue weighted by Crippen LogP contribution is 2.18. The summed E-state index contributed by atoms with van der Waals surface area (Å²) in [5.41, 5.74) is 2.18. The Morgan fingerprint density at radius 2 is 1.40 bits per heavy atom. The standard InChI is InChI=1S/C28H27N5O5S2/c1-19-18-20(2)30-27(29-19)33-40(35,36)25-14-10-22(11-15-25)31-28(39)32-26(34)21-8-12-24(13-9-21)38-17-16-37-23-6-4-3-5-7-23/h3-15,18H,16-17H2,1-2H3,(H,29,30,33)(H2,31,32,34,39). The van der Waals surface area contributed by atoms with Gasteiger partial charge in [-0.3, -0.25) is 10.1 Å². The van der Waals surface area contributed by atoms with Gasteiger partial charge in [-0.15, -0.1) is 0 Å². The van der Waals surface area contributed by atoms with Crippen LogP contribution in [0.15, 0.2) is 89.8 Å². The van der Waals surface area contributed by atoms with Gasteiger partial charge < -0.3 is 14.8 Å². The second kappa shape index (κ2) is 13.0. The summed E-state index contributed by atoms with van der Waals surface area (Å²) in [6, 6.07) is 23.7. The predicted octanol–water partition coefficient (Wildman–Crippen LogP) is 4.48. The van der Waals surface area contributed by atoms with E-state index in [1.54, 1.807) is 44.2 Å². The lowest BCUT2D eigenvalue weighted by atomic mass is 10.2. The van der Waals surface area contributed by atoms with Crippen LogP contribution in [0.5, 0.6) is 11.5 Å². The van der Waals surface area contributed by atoms with Gasteiger partial charge in [0.15, 0.2) is 5.11 Å². The van der Waals surface area contributed by atoms with Crippen molar-refractivity contribution in [2.75, 3.05) is 23.3 Å². The number of para-hydroxylation sites is 1. The van der Waals surface area contributed by atoms with E-state index < -0.39 is 15.9 Å². The Hall–Kier alpha value is -4.55. The van der Waals surface area contributed by atoms with Gasteiger partial charge in [0, 0.05) is 22.6 Å². The summed E-state index contributed by atoms with van der Waals surface area (Å²) in [4.78, 5) is 20.8. The molecule has 0 fully saturated rings. The van der Waals surface area contributed by atoms with Crippen molar-refractivity contribution in [3.63, 3.8) is 0 Å². The minimum atomic E-state index is -3.89. The molecule has 1 heterocycles. The maximum absolute atomic E-state index is 12.7. The lowest BCUT2D eigenvalue weighted by Gasteiger charge is -2.12. The van der Waals surface area contributed by atoms with Crippen molar-refractivity contribution in [3.8, 4) is 11.5 Å². The van der Waals surface area contributed by atoms with E-state index in [1.807, 2.05) is 30.3 Å². The molecule has 10 nitrogen and oxygen atoms in total. The van der Waals surface area contributed by atoms with Crippen LogP contribution in [0.3, 0.4) is 0 Å². The number of carbonyl (C=O) groups is 1. The van der Waals surface area contributed by atoms with Crippen molar-refractivity contribution in [1.29, 1.82) is 0 Å². The van der Waals surface area contributed by atoms with Gasteiger partial charge in [0.2, 0.25) is 5.95 Å². The summed E-state index contributed by atoms with van der Waals surface area (Å²) in [6.07, 6.45) is 0. The summed E-state index contributed by atoms with van der Waals surface area (Å²) < 4.78 is 39.0. The van der Waals surface area contributed by atoms with Crippen LogP contribution >= 0.6 is 12.2 Å². The van der Waals surface area contributed by atoms with E-state index in [0.29, 0.717) is 41.6 Å². The molecule has 0 saturated carbocycles. The number of rotatable bonds is 10. The average Bonchev–Trinajstić information content (AvgIpc) is 2.91. The van der Waals surface area contributed by atoms with Crippen LogP contribution in [-0.2, 0) is 10.0 Å². The lowest BCUT2D eigenvalue weighted by Crippen LogP contribution is -2.34. The second-order valence-corrected chi connectivity index (χ2v) is 10.6. The highest BCUT2D eigenvalue weighted by atomic mass is 32.2. The summed E-state index contributed by atoms with van der Waals surface area (Å²) in [6.45, 7) is 4.24. The van der Waals surface area contributed by atoms with Crippen LogP contribution in [0.25, 0.3) is 0 Å². The molecular formula is C28H27N5O5S2. The van der Waals surface area contributed by atoms with Crippen molar-refractivity contribution in [3.05, 3.63) is 102 Å². The van der Waals surface area contributed by atoms with E-state index in [0.717, 1.165) is 5.75 Å². The molecule has 0 saturated heterocycles. The van der Waals surface area contributed by atoms with Crippen LogP contribution < -0.4 is 24.8 Å². The van der Waals surface area contributed by atoms with E-state index in [2.05, 4.69) is 25.3 Å². The number of carbonyl (C=O) groups excluding carboxylic acids is 1. The number of anilines is 2. The molecule has 3 N–H and O–H groups in total. The number of hydrogen-bond acceptors (Lipinski definition) is 8. The number of thiocarbonyl (C=S) groups is 1. The molecule has 1 aromatic heterocycles. The van der Waals surface area contributed by atoms with Crippen LogP contribution in [0.1, 0.15) is 21.7 Å². The molecule has 0 atom stereocenters. The first-order chi connectivity index (χ1) is 19.2. The Balaban J connectivity index is 1.25. The number of nitrogens with one attached hydrogen (secondary N) is 3. The third kappa shape index (κ3) is 8.22. The van der Waals surface area contributed by atoms with Crippen LogP contribution in [0.2, 0.25) is 0 Å². The van der Waals surface area contributed by atoms with Gasteiger partial charge in [0.1, 0.15) is 24.7 Å². The molecule has 12 heteroatoms. The summed E-state index contributed by atoms with van der Waals surface area (Å²) in [5.74, 6) is 0.958. The molecule has 0 bridgehead atoms. The second-order valence-electron chi connectivity index (χ2n) is 8.55. The number of ether oxygens (including phenoxy) is 2. The van der Waals surface area contributed by atoms with E-state index in [1.165, 1.54) is 24.3 Å². The predicted molar refractivity (Wildman–Crippen MR) is 156 cm³/mol. The molecule has 40 heavy (non-hydrogen) atoms. The maximum atomic E-state index is 12.7. The molecule has 1 amide bonds. The first kappa shape index (κ1) is 28.5. The van der Waals surface area contributed by atoms with Gasteiger partial charge in [-0.05, 0) is 92.8 Å². The van der Waals surface area contributed by atoms with Gasteiger partial charge >= 0.3 is 0 Å². The zero-order chi connectivity index (χ0) is 28.5. The largest absolute Gasteiger partial charge is 0.490 e. The Morgan fingerprint density at radius 1 is 0.825 bits per heavy atom. The number of aryl methyl sites for hydroxylation is 2. The smallest absolute Gasteiger partial charge is 0.264 e. The van der Waals surface area contributed by atoms with Gasteiger partial charge in [0.05, 0.1) is 4.90 Å². The summed E-state index contributed by atoms with van der Waals surface area (Å²) >= 11 is 5.24. The number of hydrogen-bond donors (Lipinski definition) is 3. The average molecular weight is 578 g/mol. The van der Waals surface area contributed by atoms with Crippen LogP contribution in [0, 0.1) is 13.8 Å². The highest BCUT2D eigenvalue weighted by Gasteiger charge is 2.16. The Labute approximate surface area is 237 Å². The monoisotopic (exact) mass is 577 g/mol. The number of aromatic nitrogens is 2. The zero-order valence-electron chi connectivity index (χ0n) is 21.7. The first-order valence-corrected chi connectivity index (χ1v) is 14.1. The van der Waals surface area contributed by atoms with E-state index >= 15 is 0 Å². The minimum Gasteiger partial charge on any atom is -0.490 e. The molecule has 0 unspecified atom stereocenters. The number of benzene rings is 3. The molecule has 0 aliphatic carbocycles. The topological polar surface area (TPSA) is 132 Å². The fourth-order valence-electron chi connectivity index (χ4n) is 3.54. The van der Waals surface area contributed by atoms with Crippen molar-refractivity contribution >= 4 is 44.9 Å². The Kier molecular flexibility index (Phi) is 9.25. The molecule has 0 radical (unpaired) electrons. The molecule has 0 aliphatic heterocycles. The van der Waals surface area contributed by atoms with Crippen molar-refractivity contribution in [2.24, 2.45) is 0 Å². The third-order valence-electron chi connectivity index (χ3n) is 5.34. The van der Waals surface area contributed by atoms with Crippen molar-refractivity contribution in [1.82, 2.24) is 15.3 Å². The number of amides is 1. The molecule has 0 aliphatic rings. The molecule has 4 rings (SSSR count). The fraction of sp³-hybridized carbons (Fsp3) is 0.143. The molecule has 3 aromatic carbocycles. The molecular weight excluding hydrogens is 550 g/mol. The molecule has 0 spiro atoms. The van der Waals surface area contributed by atoms with Gasteiger partial charge in [0.25, 0.3) is 15.9 Å².